The van der Waals surface area contributed by atoms with Crippen LogP contribution in [0.5, 0.6) is 0 Å². The second-order valence-corrected chi connectivity index (χ2v) is 9.51. The minimum absolute atomic E-state index is 0.275. The zero-order valence-electron chi connectivity index (χ0n) is 18.6. The average molecular weight is 432 g/mol. The normalized spacial score (nSPS) is 12.3. The molecule has 0 spiro atoms. The molecule has 0 radical (unpaired) electrons. The van der Waals surface area contributed by atoms with Crippen molar-refractivity contribution < 1.29 is 13.2 Å². The van der Waals surface area contributed by atoms with Gasteiger partial charge in [-0.15, -0.1) is 0 Å². The Kier molecular flexibility index (Phi) is 8.29. The lowest BCUT2D eigenvalue weighted by atomic mass is 10.1. The van der Waals surface area contributed by atoms with Crippen molar-refractivity contribution in [1.82, 2.24) is 5.32 Å². The molecule has 0 bridgehead atoms. The Morgan fingerprint density at radius 1 is 1.03 bits per heavy atom. The van der Waals surface area contributed by atoms with Crippen molar-refractivity contribution in [1.29, 1.82) is 0 Å². The van der Waals surface area contributed by atoms with Gasteiger partial charge in [-0.3, -0.25) is 9.10 Å². The topological polar surface area (TPSA) is 69.7 Å². The highest BCUT2D eigenvalue weighted by Gasteiger charge is 2.31. The Morgan fingerprint density at radius 2 is 1.70 bits per heavy atom. The van der Waals surface area contributed by atoms with E-state index in [-0.39, 0.29) is 5.91 Å². The van der Waals surface area contributed by atoms with Crippen LogP contribution in [0.4, 0.5) is 11.4 Å². The molecule has 0 aliphatic carbocycles. The molecular weight excluding hydrogens is 398 g/mol. The Labute approximate surface area is 180 Å². The summed E-state index contributed by atoms with van der Waals surface area (Å²) < 4.78 is 26.3. The van der Waals surface area contributed by atoms with Gasteiger partial charge in [0, 0.05) is 25.8 Å². The summed E-state index contributed by atoms with van der Waals surface area (Å²) in [6.45, 7) is 7.00. The molecule has 164 valence electrons. The van der Waals surface area contributed by atoms with E-state index in [1.807, 2.05) is 70.3 Å². The number of nitrogens with one attached hydrogen (secondary N) is 1. The van der Waals surface area contributed by atoms with E-state index in [1.165, 1.54) is 4.31 Å². The lowest BCUT2D eigenvalue weighted by Crippen LogP contribution is -2.49. The zero-order chi connectivity index (χ0) is 22.3. The van der Waals surface area contributed by atoms with Crippen molar-refractivity contribution >= 4 is 27.3 Å². The van der Waals surface area contributed by atoms with Gasteiger partial charge in [-0.05, 0) is 62.1 Å². The van der Waals surface area contributed by atoms with Crippen molar-refractivity contribution in [2.24, 2.45) is 0 Å². The molecule has 2 rings (SSSR count). The number of hydrogen-bond acceptors (Lipinski definition) is 4. The number of aryl methyl sites for hydroxylation is 2. The van der Waals surface area contributed by atoms with Crippen LogP contribution in [0.1, 0.15) is 30.9 Å². The summed E-state index contributed by atoms with van der Waals surface area (Å²) >= 11 is 0. The minimum atomic E-state index is -3.62. The van der Waals surface area contributed by atoms with Crippen LogP contribution in [0.25, 0.3) is 0 Å². The maximum Gasteiger partial charge on any atom is 0.243 e. The number of rotatable bonds is 10. The summed E-state index contributed by atoms with van der Waals surface area (Å²) in [5.74, 6) is -0.275. The van der Waals surface area contributed by atoms with Crippen molar-refractivity contribution in [3.05, 3.63) is 59.7 Å². The SMILES string of the molecule is CC[C@H](C(=O)NCCCN(C)c1ccccc1)N(c1ccc(C)c(C)c1)S(C)(=O)=O. The van der Waals surface area contributed by atoms with Gasteiger partial charge in [0.2, 0.25) is 15.9 Å². The van der Waals surface area contributed by atoms with Gasteiger partial charge in [0.1, 0.15) is 6.04 Å². The first kappa shape index (κ1) is 23.7. The molecule has 0 aromatic heterocycles. The van der Waals surface area contributed by atoms with Crippen LogP contribution in [0.2, 0.25) is 0 Å². The van der Waals surface area contributed by atoms with E-state index >= 15 is 0 Å². The van der Waals surface area contributed by atoms with Gasteiger partial charge >= 0.3 is 0 Å². The monoisotopic (exact) mass is 431 g/mol. The lowest BCUT2D eigenvalue weighted by molar-refractivity contribution is -0.122. The van der Waals surface area contributed by atoms with E-state index in [0.717, 1.165) is 36.0 Å². The molecule has 0 saturated carbocycles. The molecule has 30 heavy (non-hydrogen) atoms. The summed E-state index contributed by atoms with van der Waals surface area (Å²) in [7, 11) is -1.61. The number of hydrogen-bond donors (Lipinski definition) is 1. The summed E-state index contributed by atoms with van der Waals surface area (Å²) in [5.41, 5.74) is 3.70. The number of carbonyl (C=O) groups excluding carboxylic acids is 1. The zero-order valence-corrected chi connectivity index (χ0v) is 19.4. The van der Waals surface area contributed by atoms with Gasteiger partial charge in [-0.1, -0.05) is 31.2 Å². The maximum absolute atomic E-state index is 12.9. The number of benzene rings is 2. The molecule has 0 fully saturated rings. The third-order valence-corrected chi connectivity index (χ3v) is 6.42. The van der Waals surface area contributed by atoms with E-state index in [0.29, 0.717) is 18.7 Å². The standard InChI is InChI=1S/C23H33N3O3S/c1-6-22(26(30(5,28)29)21-14-13-18(2)19(3)17-21)23(27)24-15-10-16-25(4)20-11-8-7-9-12-20/h7-9,11-14,17,22H,6,10,15-16H2,1-5H3,(H,24,27)/t22-/m1/s1. The molecule has 1 amide bonds. The molecule has 0 unspecified atom stereocenters. The van der Waals surface area contributed by atoms with Gasteiger partial charge in [0.05, 0.1) is 11.9 Å². The summed E-state index contributed by atoms with van der Waals surface area (Å²) in [6, 6.07) is 14.7. The predicted molar refractivity (Wildman–Crippen MR) is 125 cm³/mol. The molecule has 1 atom stereocenters. The van der Waals surface area contributed by atoms with Crippen LogP contribution in [-0.4, -0.2) is 46.8 Å². The first-order valence-electron chi connectivity index (χ1n) is 10.3. The fraction of sp³-hybridized carbons (Fsp3) is 0.435. The fourth-order valence-corrected chi connectivity index (χ4v) is 4.58. The van der Waals surface area contributed by atoms with Crippen LogP contribution < -0.4 is 14.5 Å². The van der Waals surface area contributed by atoms with Crippen molar-refractivity contribution in [3.8, 4) is 0 Å². The highest BCUT2D eigenvalue weighted by molar-refractivity contribution is 7.92. The van der Waals surface area contributed by atoms with Crippen LogP contribution in [0, 0.1) is 13.8 Å². The van der Waals surface area contributed by atoms with Crippen LogP contribution in [0.15, 0.2) is 48.5 Å². The van der Waals surface area contributed by atoms with Crippen LogP contribution in [0.3, 0.4) is 0 Å². The van der Waals surface area contributed by atoms with Crippen molar-refractivity contribution in [2.75, 3.05) is 35.6 Å². The van der Waals surface area contributed by atoms with Gasteiger partial charge in [0.25, 0.3) is 0 Å². The number of nitrogens with zero attached hydrogens (tertiary/aromatic N) is 2. The molecule has 2 aromatic carbocycles. The van der Waals surface area contributed by atoms with E-state index in [1.54, 1.807) is 6.07 Å². The molecule has 0 aliphatic rings. The van der Waals surface area contributed by atoms with Crippen LogP contribution >= 0.6 is 0 Å². The number of carbonyl (C=O) groups is 1. The lowest BCUT2D eigenvalue weighted by Gasteiger charge is -2.30. The van der Waals surface area contributed by atoms with Gasteiger partial charge in [-0.25, -0.2) is 8.42 Å². The fourth-order valence-electron chi connectivity index (χ4n) is 3.38. The van der Waals surface area contributed by atoms with E-state index in [2.05, 4.69) is 10.2 Å². The van der Waals surface area contributed by atoms with Crippen molar-refractivity contribution in [2.45, 2.75) is 39.7 Å². The number of anilines is 2. The third kappa shape index (κ3) is 6.23. The first-order valence-corrected chi connectivity index (χ1v) is 12.1. The molecule has 0 heterocycles. The van der Waals surface area contributed by atoms with E-state index < -0.39 is 16.1 Å². The molecule has 1 N–H and O–H groups in total. The Morgan fingerprint density at radius 3 is 2.27 bits per heavy atom. The molecule has 7 heteroatoms. The summed E-state index contributed by atoms with van der Waals surface area (Å²) in [6.07, 6.45) is 2.29. The Hall–Kier alpha value is -2.54. The van der Waals surface area contributed by atoms with Crippen LogP contribution in [-0.2, 0) is 14.8 Å². The van der Waals surface area contributed by atoms with Crippen molar-refractivity contribution in [3.63, 3.8) is 0 Å². The maximum atomic E-state index is 12.9. The summed E-state index contributed by atoms with van der Waals surface area (Å²) in [5, 5.41) is 2.92. The summed E-state index contributed by atoms with van der Waals surface area (Å²) in [4.78, 5) is 15.0. The number of amides is 1. The number of para-hydroxylation sites is 1. The Balaban J connectivity index is 2.04. The van der Waals surface area contributed by atoms with E-state index in [9.17, 15) is 13.2 Å². The Bertz CT molecular complexity index is 945. The minimum Gasteiger partial charge on any atom is -0.375 e. The second-order valence-electron chi connectivity index (χ2n) is 7.65. The predicted octanol–water partition coefficient (Wildman–Crippen LogP) is 3.49. The van der Waals surface area contributed by atoms with Gasteiger partial charge in [0.15, 0.2) is 0 Å². The van der Waals surface area contributed by atoms with Gasteiger partial charge in [-0.2, -0.15) is 0 Å². The quantitative estimate of drug-likeness (QED) is 0.585. The van der Waals surface area contributed by atoms with E-state index in [4.69, 9.17) is 0 Å². The number of sulfonamides is 1. The highest BCUT2D eigenvalue weighted by atomic mass is 32.2. The highest BCUT2D eigenvalue weighted by Crippen LogP contribution is 2.25. The average Bonchev–Trinajstić information content (AvgIpc) is 2.71. The molecule has 6 nitrogen and oxygen atoms in total. The molecular formula is C23H33N3O3S. The third-order valence-electron chi connectivity index (χ3n) is 5.24. The van der Waals surface area contributed by atoms with Gasteiger partial charge < -0.3 is 10.2 Å². The molecule has 0 aliphatic heterocycles. The largest absolute Gasteiger partial charge is 0.375 e. The molecule has 0 saturated heterocycles. The smallest absolute Gasteiger partial charge is 0.243 e. The second kappa shape index (κ2) is 10.5. The first-order chi connectivity index (χ1) is 14.1. The molecule has 2 aromatic rings.